The van der Waals surface area contributed by atoms with Crippen LogP contribution in [0.15, 0.2) is 23.1 Å². The number of nitrogens with two attached hydrogens (primary N) is 2. The monoisotopic (exact) mass is 595 g/mol. The van der Waals surface area contributed by atoms with E-state index in [0.717, 1.165) is 50.5 Å². The molecule has 7 N–H and O–H groups in total. The lowest BCUT2D eigenvalue weighted by Crippen LogP contribution is -2.39. The SMILES string of the molecule is CCCCCCCCOS(=O)(=O)c1cccc(CCCCCCCC)c1CCCCCCCC.N=C(N)NC(=N)N. The van der Waals surface area contributed by atoms with Crippen LogP contribution in [0.5, 0.6) is 0 Å². The van der Waals surface area contributed by atoms with E-state index >= 15 is 0 Å². The van der Waals surface area contributed by atoms with Gasteiger partial charge in [-0.3, -0.25) is 20.3 Å². The van der Waals surface area contributed by atoms with Crippen LogP contribution in [-0.2, 0) is 27.1 Å². The molecule has 0 fully saturated rings. The van der Waals surface area contributed by atoms with E-state index in [1.165, 1.54) is 89.0 Å². The van der Waals surface area contributed by atoms with Crippen molar-refractivity contribution in [1.29, 1.82) is 10.8 Å². The van der Waals surface area contributed by atoms with Crippen molar-refractivity contribution >= 4 is 22.0 Å². The first kappa shape index (κ1) is 38.9. The van der Waals surface area contributed by atoms with Gasteiger partial charge in [-0.05, 0) is 49.3 Å². The van der Waals surface area contributed by atoms with Gasteiger partial charge >= 0.3 is 0 Å². The first-order chi connectivity index (χ1) is 19.7. The molecule has 8 nitrogen and oxygen atoms in total. The van der Waals surface area contributed by atoms with Crippen LogP contribution in [0.4, 0.5) is 0 Å². The fourth-order valence-electron chi connectivity index (χ4n) is 4.80. The minimum Gasteiger partial charge on any atom is -0.370 e. The molecule has 0 saturated carbocycles. The second-order valence-corrected chi connectivity index (χ2v) is 12.5. The molecule has 1 aromatic rings. The van der Waals surface area contributed by atoms with Gasteiger partial charge < -0.3 is 11.5 Å². The Hall–Kier alpha value is -2.13. The van der Waals surface area contributed by atoms with E-state index in [1.807, 2.05) is 11.4 Å². The molecule has 0 aromatic heterocycles. The zero-order valence-corrected chi connectivity index (χ0v) is 27.2. The summed E-state index contributed by atoms with van der Waals surface area (Å²) in [6, 6.07) is 5.83. The Kier molecular flexibility index (Phi) is 24.2. The summed E-state index contributed by atoms with van der Waals surface area (Å²) in [5.74, 6) is -0.625. The predicted molar refractivity (Wildman–Crippen MR) is 174 cm³/mol. The Morgan fingerprint density at radius 1 is 0.683 bits per heavy atom. The van der Waals surface area contributed by atoms with E-state index in [1.54, 1.807) is 6.07 Å². The molecule has 1 aromatic carbocycles. The number of hydrogen-bond donors (Lipinski definition) is 5. The maximum Gasteiger partial charge on any atom is 0.297 e. The Bertz CT molecular complexity index is 910. The van der Waals surface area contributed by atoms with Gasteiger partial charge in [-0.15, -0.1) is 0 Å². The summed E-state index contributed by atoms with van der Waals surface area (Å²) in [7, 11) is -3.70. The summed E-state index contributed by atoms with van der Waals surface area (Å²) in [5, 5.41) is 15.0. The second-order valence-electron chi connectivity index (χ2n) is 10.9. The highest BCUT2D eigenvalue weighted by Crippen LogP contribution is 2.26. The number of guanidine groups is 2. The van der Waals surface area contributed by atoms with E-state index < -0.39 is 10.1 Å². The van der Waals surface area contributed by atoms with E-state index in [-0.39, 0.29) is 11.9 Å². The quantitative estimate of drug-likeness (QED) is 0.0374. The van der Waals surface area contributed by atoms with Crippen LogP contribution < -0.4 is 16.8 Å². The summed E-state index contributed by atoms with van der Waals surface area (Å²) in [6.45, 7) is 6.99. The minimum absolute atomic E-state index is 0.298. The summed E-state index contributed by atoms with van der Waals surface area (Å²) < 4.78 is 31.8. The van der Waals surface area contributed by atoms with Crippen molar-refractivity contribution in [1.82, 2.24) is 5.32 Å². The van der Waals surface area contributed by atoms with Gasteiger partial charge in [0.15, 0.2) is 11.9 Å². The standard InChI is InChI=1S/C30H54O3S.C2H7N5/c1-4-7-10-13-16-19-23-28-24-22-26-30(29(28)25-20-17-14-11-8-5-2)34(31,32)33-27-21-18-15-12-9-6-3;3-1(4)7-2(5)6/h22,24,26H,4-21,23,25,27H2,1-3H3;(H7,3,4,5,6,7). The number of benzene rings is 1. The van der Waals surface area contributed by atoms with Crippen molar-refractivity contribution in [3.05, 3.63) is 29.3 Å². The van der Waals surface area contributed by atoms with Crippen LogP contribution in [0.25, 0.3) is 0 Å². The molecule has 0 spiro atoms. The number of unbranched alkanes of at least 4 members (excludes halogenated alkanes) is 15. The van der Waals surface area contributed by atoms with E-state index in [0.29, 0.717) is 11.5 Å². The maximum atomic E-state index is 13.1. The van der Waals surface area contributed by atoms with Crippen molar-refractivity contribution in [3.63, 3.8) is 0 Å². The van der Waals surface area contributed by atoms with Gasteiger partial charge in [-0.2, -0.15) is 8.42 Å². The average Bonchev–Trinajstić information content (AvgIpc) is 2.92. The molecule has 238 valence electrons. The molecule has 0 aliphatic heterocycles. The Morgan fingerprint density at radius 3 is 1.59 bits per heavy atom. The first-order valence-corrected chi connectivity index (χ1v) is 17.6. The summed E-state index contributed by atoms with van der Waals surface area (Å²) in [6.07, 6.45) is 23.3. The Labute approximate surface area is 251 Å². The molecular formula is C32H61N5O3S. The van der Waals surface area contributed by atoms with Crippen LogP contribution in [0.3, 0.4) is 0 Å². The predicted octanol–water partition coefficient (Wildman–Crippen LogP) is 7.92. The minimum atomic E-state index is -3.70. The third-order valence-corrected chi connectivity index (χ3v) is 8.48. The molecule has 0 atom stereocenters. The molecular weight excluding hydrogens is 534 g/mol. The molecule has 41 heavy (non-hydrogen) atoms. The highest BCUT2D eigenvalue weighted by Gasteiger charge is 2.21. The highest BCUT2D eigenvalue weighted by molar-refractivity contribution is 7.86. The topological polar surface area (TPSA) is 155 Å². The molecule has 0 saturated heterocycles. The van der Waals surface area contributed by atoms with Gasteiger partial charge in [0.2, 0.25) is 0 Å². The Morgan fingerprint density at radius 2 is 1.12 bits per heavy atom. The molecule has 0 radical (unpaired) electrons. The van der Waals surface area contributed by atoms with Crippen molar-refractivity contribution < 1.29 is 12.6 Å². The average molecular weight is 596 g/mol. The van der Waals surface area contributed by atoms with Crippen molar-refractivity contribution in [2.75, 3.05) is 6.61 Å². The Balaban J connectivity index is 0.00000201. The van der Waals surface area contributed by atoms with Crippen LogP contribution in [-0.4, -0.2) is 26.9 Å². The number of hydrogen-bond acceptors (Lipinski definition) is 5. The summed E-state index contributed by atoms with van der Waals surface area (Å²) >= 11 is 0. The lowest BCUT2D eigenvalue weighted by atomic mass is 9.96. The fourth-order valence-corrected chi connectivity index (χ4v) is 6.05. The summed E-state index contributed by atoms with van der Waals surface area (Å²) in [4.78, 5) is 0.426. The molecule has 0 amide bonds. The normalized spacial score (nSPS) is 11.1. The lowest BCUT2D eigenvalue weighted by Gasteiger charge is -2.16. The van der Waals surface area contributed by atoms with E-state index in [4.69, 9.17) is 26.5 Å². The van der Waals surface area contributed by atoms with Gasteiger partial charge in [-0.1, -0.05) is 129 Å². The van der Waals surface area contributed by atoms with E-state index in [9.17, 15) is 8.42 Å². The first-order valence-electron chi connectivity index (χ1n) is 16.1. The molecule has 0 aliphatic rings. The van der Waals surface area contributed by atoms with Gasteiger partial charge in [0.1, 0.15) is 0 Å². The molecule has 9 heteroatoms. The number of nitrogens with one attached hydrogen (secondary N) is 3. The smallest absolute Gasteiger partial charge is 0.297 e. The third kappa shape index (κ3) is 21.3. The molecule has 1 rings (SSSR count). The lowest BCUT2D eigenvalue weighted by molar-refractivity contribution is 0.306. The molecule has 0 unspecified atom stereocenters. The molecule has 0 aliphatic carbocycles. The van der Waals surface area contributed by atoms with Crippen LogP contribution in [0.1, 0.15) is 147 Å². The highest BCUT2D eigenvalue weighted by atomic mass is 32.2. The summed E-state index contributed by atoms with van der Waals surface area (Å²) in [5.41, 5.74) is 11.7. The van der Waals surface area contributed by atoms with E-state index in [2.05, 4.69) is 26.8 Å². The zero-order chi connectivity index (χ0) is 30.8. The van der Waals surface area contributed by atoms with Gasteiger partial charge in [0.05, 0.1) is 11.5 Å². The van der Waals surface area contributed by atoms with Crippen molar-refractivity contribution in [2.24, 2.45) is 11.5 Å². The number of rotatable bonds is 23. The maximum absolute atomic E-state index is 13.1. The molecule has 0 bridgehead atoms. The largest absolute Gasteiger partial charge is 0.370 e. The van der Waals surface area contributed by atoms with Gasteiger partial charge in [-0.25, -0.2) is 0 Å². The third-order valence-electron chi connectivity index (χ3n) is 7.09. The van der Waals surface area contributed by atoms with Crippen LogP contribution in [0, 0.1) is 10.8 Å². The van der Waals surface area contributed by atoms with Gasteiger partial charge in [0.25, 0.3) is 10.1 Å². The van der Waals surface area contributed by atoms with Crippen molar-refractivity contribution in [2.45, 2.75) is 154 Å². The second kappa shape index (κ2) is 25.6. The molecule has 0 heterocycles. The van der Waals surface area contributed by atoms with Crippen molar-refractivity contribution in [3.8, 4) is 0 Å². The zero-order valence-electron chi connectivity index (χ0n) is 26.4. The van der Waals surface area contributed by atoms with Gasteiger partial charge in [0, 0.05) is 0 Å². The van der Waals surface area contributed by atoms with Crippen LogP contribution in [0.2, 0.25) is 0 Å². The number of aryl methyl sites for hydroxylation is 1. The fraction of sp³-hybridized carbons (Fsp3) is 0.750. The van der Waals surface area contributed by atoms with Crippen LogP contribution >= 0.6 is 0 Å².